The smallest absolute Gasteiger partial charge is 0.326 e. The van der Waals surface area contributed by atoms with E-state index in [9.17, 15) is 18.3 Å². The molecule has 0 saturated carbocycles. The lowest BCUT2D eigenvalue weighted by molar-refractivity contribution is -0.138. The summed E-state index contributed by atoms with van der Waals surface area (Å²) in [7, 11) is -3.20. The van der Waals surface area contributed by atoms with Gasteiger partial charge in [0.25, 0.3) is 10.0 Å². The summed E-state index contributed by atoms with van der Waals surface area (Å²) in [6, 6.07) is 15.0. The van der Waals surface area contributed by atoms with Gasteiger partial charge in [-0.25, -0.2) is 8.42 Å². The van der Waals surface area contributed by atoms with Crippen molar-refractivity contribution in [1.29, 1.82) is 0 Å². The molecule has 35 heavy (non-hydrogen) atoms. The highest BCUT2D eigenvalue weighted by Gasteiger charge is 2.33. The van der Waals surface area contributed by atoms with Crippen LogP contribution in [0, 0.1) is 0 Å². The minimum absolute atomic E-state index is 0.0262. The first-order valence-corrected chi connectivity index (χ1v) is 12.6. The van der Waals surface area contributed by atoms with E-state index in [1.165, 1.54) is 36.4 Å². The van der Waals surface area contributed by atoms with E-state index < -0.39 is 34.9 Å². The molecule has 0 bridgehead atoms. The summed E-state index contributed by atoms with van der Waals surface area (Å²) in [5.74, 6) is -0.155. The lowest BCUT2D eigenvalue weighted by Crippen LogP contribution is -2.37. The third-order valence-electron chi connectivity index (χ3n) is 5.34. The molecule has 0 saturated heterocycles. The van der Waals surface area contributed by atoms with Gasteiger partial charge < -0.3 is 19.3 Å². The van der Waals surface area contributed by atoms with Crippen molar-refractivity contribution in [2.75, 3.05) is 18.0 Å². The van der Waals surface area contributed by atoms with Gasteiger partial charge in [0.2, 0.25) is 6.29 Å². The second-order valence-electron chi connectivity index (χ2n) is 7.63. The van der Waals surface area contributed by atoms with Crippen LogP contribution in [0.4, 0.5) is 5.69 Å². The topological polar surface area (TPSA) is 102 Å². The van der Waals surface area contributed by atoms with Gasteiger partial charge in [-0.05, 0) is 36.4 Å². The molecule has 3 aromatic carbocycles. The zero-order valence-electron chi connectivity index (χ0n) is 18.6. The maximum Gasteiger partial charge on any atom is 0.326 e. The molecular formula is C24H21Cl2NO7S. The molecule has 0 radical (unpaired) electrons. The first-order chi connectivity index (χ1) is 16.6. The number of hydrogen-bond acceptors (Lipinski definition) is 7. The maximum absolute atomic E-state index is 13.8. The van der Waals surface area contributed by atoms with Gasteiger partial charge in [-0.3, -0.25) is 9.10 Å². The van der Waals surface area contributed by atoms with Gasteiger partial charge in [-0.1, -0.05) is 41.4 Å². The molecule has 1 heterocycles. The predicted octanol–water partition coefficient (Wildman–Crippen LogP) is 4.56. The fourth-order valence-electron chi connectivity index (χ4n) is 3.66. The lowest BCUT2D eigenvalue weighted by atomic mass is 9.99. The molecule has 1 N–H and O–H groups in total. The van der Waals surface area contributed by atoms with Crippen molar-refractivity contribution in [3.8, 4) is 11.5 Å². The minimum Gasteiger partial charge on any atom is -0.468 e. The summed E-state index contributed by atoms with van der Waals surface area (Å²) in [5.41, 5.74) is 0.496. The van der Waals surface area contributed by atoms with E-state index in [4.69, 9.17) is 37.4 Å². The summed E-state index contributed by atoms with van der Waals surface area (Å²) in [5, 5.41) is 11.7. The van der Waals surface area contributed by atoms with Gasteiger partial charge >= 0.3 is 5.97 Å². The van der Waals surface area contributed by atoms with Crippen LogP contribution >= 0.6 is 23.2 Å². The van der Waals surface area contributed by atoms with Gasteiger partial charge in [0.1, 0.15) is 12.6 Å². The van der Waals surface area contributed by atoms with E-state index in [2.05, 4.69) is 0 Å². The van der Waals surface area contributed by atoms with Crippen molar-refractivity contribution in [2.45, 2.75) is 24.2 Å². The fourth-order valence-corrected chi connectivity index (χ4v) is 5.54. The summed E-state index contributed by atoms with van der Waals surface area (Å²) in [6.45, 7) is 1.02. The van der Waals surface area contributed by atoms with E-state index in [-0.39, 0.29) is 31.9 Å². The number of rotatable bonds is 7. The van der Waals surface area contributed by atoms with E-state index in [0.29, 0.717) is 11.3 Å². The van der Waals surface area contributed by atoms with Gasteiger partial charge in [0.05, 0.1) is 17.7 Å². The molecule has 2 atom stereocenters. The average molecular weight is 538 g/mol. The van der Waals surface area contributed by atoms with E-state index in [1.54, 1.807) is 31.2 Å². The fraction of sp³-hybridized carbons (Fsp3) is 0.208. The number of carbonyl (C=O) groups is 1. The summed E-state index contributed by atoms with van der Waals surface area (Å²) < 4.78 is 44.2. The molecule has 0 aliphatic carbocycles. The summed E-state index contributed by atoms with van der Waals surface area (Å²) in [4.78, 5) is 12.1. The molecule has 184 valence electrons. The number of aliphatic hydroxyl groups excluding tert-OH is 1. The van der Waals surface area contributed by atoms with Crippen LogP contribution in [0.15, 0.2) is 65.6 Å². The Morgan fingerprint density at radius 2 is 1.77 bits per heavy atom. The van der Waals surface area contributed by atoms with Crippen molar-refractivity contribution in [3.05, 3.63) is 81.8 Å². The Bertz CT molecular complexity index is 1380. The number of aliphatic hydroxyl groups is 1. The number of benzene rings is 3. The number of ether oxygens (including phenoxy) is 3. The summed E-state index contributed by atoms with van der Waals surface area (Å²) >= 11 is 12.5. The van der Waals surface area contributed by atoms with Gasteiger partial charge in [-0.15, -0.1) is 0 Å². The Labute approximate surface area is 212 Å². The molecule has 0 spiro atoms. The van der Waals surface area contributed by atoms with E-state index in [1.807, 2.05) is 0 Å². The first-order valence-electron chi connectivity index (χ1n) is 10.4. The van der Waals surface area contributed by atoms with Crippen LogP contribution in [0.25, 0.3) is 0 Å². The highest BCUT2D eigenvalue weighted by atomic mass is 35.5. The molecular weight excluding hydrogens is 517 g/mol. The SMILES string of the molecule is COC(=O)CN(c1ccc(Cl)cc1C(O)c1ccccc1Cl)S(=O)(=O)c1ccc2c(c1)OC(C)O2. The Kier molecular flexibility index (Phi) is 7.14. The predicted molar refractivity (Wildman–Crippen MR) is 131 cm³/mol. The number of anilines is 1. The van der Waals surface area contributed by atoms with Crippen LogP contribution in [-0.2, 0) is 19.6 Å². The number of nitrogens with zero attached hydrogens (tertiary/aromatic N) is 1. The van der Waals surface area contributed by atoms with Crippen molar-refractivity contribution in [3.63, 3.8) is 0 Å². The molecule has 8 nitrogen and oxygen atoms in total. The van der Waals surface area contributed by atoms with E-state index >= 15 is 0 Å². The number of methoxy groups -OCH3 is 1. The Morgan fingerprint density at radius 1 is 1.06 bits per heavy atom. The zero-order chi connectivity index (χ0) is 25.3. The number of sulfonamides is 1. The minimum atomic E-state index is -4.35. The molecule has 1 aliphatic heterocycles. The quantitative estimate of drug-likeness (QED) is 0.440. The van der Waals surface area contributed by atoms with Gasteiger partial charge in [0, 0.05) is 34.2 Å². The number of esters is 1. The molecule has 1 aliphatic rings. The molecule has 0 amide bonds. The molecule has 4 rings (SSSR count). The van der Waals surface area contributed by atoms with Crippen molar-refractivity contribution >= 4 is 44.9 Å². The standard InChI is InChI=1S/C24H21Cl2NO7S/c1-14-33-21-10-8-16(12-22(21)34-14)35(30,31)27(13-23(28)32-2)20-9-7-15(25)11-18(20)24(29)17-5-3-4-6-19(17)26/h3-12,14,24,29H,13H2,1-2H3. The number of hydrogen-bond donors (Lipinski definition) is 1. The Hall–Kier alpha value is -2.98. The number of halogens is 2. The van der Waals surface area contributed by atoms with Crippen molar-refractivity contribution in [1.82, 2.24) is 0 Å². The molecule has 0 fully saturated rings. The molecule has 11 heteroatoms. The van der Waals surface area contributed by atoms with Crippen LogP contribution in [0.1, 0.15) is 24.2 Å². The second kappa shape index (κ2) is 9.94. The van der Waals surface area contributed by atoms with E-state index in [0.717, 1.165) is 11.4 Å². The number of fused-ring (bicyclic) bond motifs is 1. The normalized spacial score (nSPS) is 15.5. The summed E-state index contributed by atoms with van der Waals surface area (Å²) in [6.07, 6.45) is -1.91. The second-order valence-corrected chi connectivity index (χ2v) is 10.3. The van der Waals surface area contributed by atoms with Gasteiger partial charge in [-0.2, -0.15) is 0 Å². The van der Waals surface area contributed by atoms with Crippen LogP contribution in [0.2, 0.25) is 10.0 Å². The first kappa shape index (κ1) is 25.1. The van der Waals surface area contributed by atoms with Crippen LogP contribution in [0.5, 0.6) is 11.5 Å². The Morgan fingerprint density at radius 3 is 2.49 bits per heavy atom. The zero-order valence-corrected chi connectivity index (χ0v) is 21.0. The third kappa shape index (κ3) is 5.04. The van der Waals surface area contributed by atoms with Crippen LogP contribution in [0.3, 0.4) is 0 Å². The lowest BCUT2D eigenvalue weighted by Gasteiger charge is -2.27. The molecule has 2 unspecified atom stereocenters. The number of carbonyl (C=O) groups excluding carboxylic acids is 1. The Balaban J connectivity index is 1.86. The maximum atomic E-state index is 13.8. The monoisotopic (exact) mass is 537 g/mol. The largest absolute Gasteiger partial charge is 0.468 e. The molecule has 3 aromatic rings. The molecule has 0 aromatic heterocycles. The third-order valence-corrected chi connectivity index (χ3v) is 7.68. The van der Waals surface area contributed by atoms with Crippen molar-refractivity contribution < 1.29 is 32.5 Å². The van der Waals surface area contributed by atoms with Gasteiger partial charge in [0.15, 0.2) is 11.5 Å². The highest BCUT2D eigenvalue weighted by Crippen LogP contribution is 2.40. The van der Waals surface area contributed by atoms with Crippen LogP contribution < -0.4 is 13.8 Å². The van der Waals surface area contributed by atoms with Crippen molar-refractivity contribution in [2.24, 2.45) is 0 Å². The van der Waals surface area contributed by atoms with Crippen LogP contribution in [-0.4, -0.2) is 39.4 Å². The highest BCUT2D eigenvalue weighted by molar-refractivity contribution is 7.92. The average Bonchev–Trinajstić information content (AvgIpc) is 3.21.